The van der Waals surface area contributed by atoms with E-state index in [1.807, 2.05) is 0 Å². The summed E-state index contributed by atoms with van der Waals surface area (Å²) in [5.41, 5.74) is 11.2. The van der Waals surface area contributed by atoms with Crippen molar-refractivity contribution in [2.24, 2.45) is 5.73 Å². The smallest absolute Gasteiger partial charge is 0.294 e. The molecule has 0 atom stereocenters. The molecule has 0 aliphatic heterocycles. The first-order valence-electron chi connectivity index (χ1n) is 5.68. The predicted octanol–water partition coefficient (Wildman–Crippen LogP) is -0.228. The van der Waals surface area contributed by atoms with Crippen LogP contribution < -0.4 is 22.1 Å². The average Bonchev–Trinajstić information content (AvgIpc) is 2.37. The van der Waals surface area contributed by atoms with Crippen LogP contribution in [0.3, 0.4) is 0 Å². The summed E-state index contributed by atoms with van der Waals surface area (Å²) in [5.74, 6) is 0.249. The van der Waals surface area contributed by atoms with Crippen LogP contribution in [0.15, 0.2) is 29.2 Å². The summed E-state index contributed by atoms with van der Waals surface area (Å²) in [6, 6.07) is 5.51. The molecule has 0 fully saturated rings. The zero-order valence-corrected chi connectivity index (χ0v) is 11.5. The monoisotopic (exact) mass is 311 g/mol. The van der Waals surface area contributed by atoms with Gasteiger partial charge in [0, 0.05) is 5.69 Å². The van der Waals surface area contributed by atoms with Crippen molar-refractivity contribution >= 4 is 33.7 Å². The Bertz CT molecular complexity index is 750. The van der Waals surface area contributed by atoms with Crippen LogP contribution in [-0.2, 0) is 10.1 Å². The second kappa shape index (κ2) is 5.87. The molecule has 10 nitrogen and oxygen atoms in total. The van der Waals surface area contributed by atoms with Crippen molar-refractivity contribution in [3.63, 3.8) is 0 Å². The molecule has 0 aliphatic carbocycles. The van der Waals surface area contributed by atoms with Gasteiger partial charge in [-0.2, -0.15) is 23.4 Å². The number of nitrogen functional groups attached to an aromatic ring is 1. The van der Waals surface area contributed by atoms with Crippen molar-refractivity contribution in [3.05, 3.63) is 24.3 Å². The third-order valence-corrected chi connectivity index (χ3v) is 3.15. The zero-order chi connectivity index (χ0) is 15.5. The molecule has 1 heterocycles. The Labute approximate surface area is 120 Å². The summed E-state index contributed by atoms with van der Waals surface area (Å²) < 4.78 is 31.1. The van der Waals surface area contributed by atoms with Crippen LogP contribution in [0.1, 0.15) is 0 Å². The number of rotatable bonds is 5. The fraction of sp³-hybridized carbons (Fsp3) is 0.100. The second-order valence-electron chi connectivity index (χ2n) is 3.85. The molecule has 11 heteroatoms. The lowest BCUT2D eigenvalue weighted by molar-refractivity contribution is 0.483. The number of nitrogens with zero attached hydrogens (tertiary/aromatic N) is 3. The van der Waals surface area contributed by atoms with Crippen molar-refractivity contribution in [2.75, 3.05) is 23.0 Å². The minimum absolute atomic E-state index is 0.0330. The quantitative estimate of drug-likeness (QED) is 0.367. The summed E-state index contributed by atoms with van der Waals surface area (Å²) in [4.78, 5) is 11.4. The fourth-order valence-corrected chi connectivity index (χ4v) is 2.01. The van der Waals surface area contributed by atoms with Crippen LogP contribution >= 0.6 is 0 Å². The molecule has 0 unspecified atom stereocenters. The van der Waals surface area contributed by atoms with E-state index >= 15 is 0 Å². The van der Waals surface area contributed by atoms with Gasteiger partial charge in [0.25, 0.3) is 10.1 Å². The normalized spacial score (nSPS) is 11.1. The Morgan fingerprint density at radius 1 is 1.19 bits per heavy atom. The van der Waals surface area contributed by atoms with Gasteiger partial charge in [-0.1, -0.05) is 6.07 Å². The Morgan fingerprint density at radius 3 is 2.57 bits per heavy atom. The van der Waals surface area contributed by atoms with Gasteiger partial charge in [0.1, 0.15) is 0 Å². The highest BCUT2D eigenvalue weighted by Crippen LogP contribution is 2.18. The molecule has 112 valence electrons. The van der Waals surface area contributed by atoms with Crippen LogP contribution in [0, 0.1) is 0 Å². The maximum atomic E-state index is 11.1. The maximum absolute atomic E-state index is 11.1. The van der Waals surface area contributed by atoms with Gasteiger partial charge in [-0.05, 0) is 18.2 Å². The van der Waals surface area contributed by atoms with E-state index in [4.69, 9.17) is 16.0 Å². The van der Waals surface area contributed by atoms with E-state index in [2.05, 4.69) is 25.6 Å². The van der Waals surface area contributed by atoms with E-state index in [9.17, 15) is 8.42 Å². The molecule has 2 rings (SSSR count). The van der Waals surface area contributed by atoms with Crippen molar-refractivity contribution in [2.45, 2.75) is 4.90 Å². The molecule has 1 aromatic heterocycles. The van der Waals surface area contributed by atoms with E-state index in [-0.39, 0.29) is 29.4 Å². The summed E-state index contributed by atoms with van der Waals surface area (Å²) >= 11 is 0. The van der Waals surface area contributed by atoms with Gasteiger partial charge in [-0.15, -0.1) is 0 Å². The minimum Gasteiger partial charge on any atom is -0.368 e. The molecule has 7 N–H and O–H groups in total. The number of anilines is 4. The second-order valence-corrected chi connectivity index (χ2v) is 5.27. The Hall–Kier alpha value is -2.50. The highest BCUT2D eigenvalue weighted by Gasteiger charge is 2.10. The number of aromatic nitrogens is 3. The van der Waals surface area contributed by atoms with E-state index < -0.39 is 10.1 Å². The standard InChI is InChI=1S/C10H13N7O3S/c11-5-13-9-15-8(12)16-10(17-9)14-6-2-1-3-7(4-6)21(18,19)20/h1-4H,5,11H2,(H,18,19,20)(H4,12,13,14,15,16,17). The van der Waals surface area contributed by atoms with Gasteiger partial charge < -0.3 is 22.1 Å². The minimum atomic E-state index is -4.29. The Morgan fingerprint density at radius 2 is 1.90 bits per heavy atom. The lowest BCUT2D eigenvalue weighted by Gasteiger charge is -2.08. The molecule has 2 aromatic rings. The largest absolute Gasteiger partial charge is 0.368 e. The molecular formula is C10H13N7O3S. The molecule has 1 aromatic carbocycles. The van der Waals surface area contributed by atoms with Crippen molar-refractivity contribution < 1.29 is 13.0 Å². The van der Waals surface area contributed by atoms with Crippen LogP contribution in [-0.4, -0.2) is 34.6 Å². The molecular weight excluding hydrogens is 298 g/mol. The molecule has 0 spiro atoms. The van der Waals surface area contributed by atoms with Gasteiger partial charge in [0.2, 0.25) is 17.8 Å². The summed E-state index contributed by atoms with van der Waals surface area (Å²) in [5, 5.41) is 5.43. The molecule has 0 aliphatic rings. The van der Waals surface area contributed by atoms with Crippen LogP contribution in [0.5, 0.6) is 0 Å². The Balaban J connectivity index is 2.30. The number of hydrogen-bond donors (Lipinski definition) is 5. The summed E-state index contributed by atoms with van der Waals surface area (Å²) in [7, 11) is -4.29. The molecule has 0 saturated heterocycles. The SMILES string of the molecule is NCNc1nc(N)nc(Nc2cccc(S(=O)(=O)O)c2)n1. The average molecular weight is 311 g/mol. The number of nitrogens with two attached hydrogens (primary N) is 2. The molecule has 0 saturated carbocycles. The molecule has 21 heavy (non-hydrogen) atoms. The van der Waals surface area contributed by atoms with E-state index in [0.29, 0.717) is 5.69 Å². The first-order chi connectivity index (χ1) is 9.88. The maximum Gasteiger partial charge on any atom is 0.294 e. The van der Waals surface area contributed by atoms with E-state index in [1.54, 1.807) is 6.07 Å². The van der Waals surface area contributed by atoms with Crippen molar-refractivity contribution in [1.29, 1.82) is 0 Å². The van der Waals surface area contributed by atoms with E-state index in [0.717, 1.165) is 0 Å². The highest BCUT2D eigenvalue weighted by atomic mass is 32.2. The lowest BCUT2D eigenvalue weighted by Crippen LogP contribution is -2.15. The number of nitrogens with one attached hydrogen (secondary N) is 2. The Kier molecular flexibility index (Phi) is 4.16. The zero-order valence-electron chi connectivity index (χ0n) is 10.7. The highest BCUT2D eigenvalue weighted by molar-refractivity contribution is 7.85. The molecule has 0 amide bonds. The van der Waals surface area contributed by atoms with Crippen LogP contribution in [0.2, 0.25) is 0 Å². The lowest BCUT2D eigenvalue weighted by atomic mass is 10.3. The number of hydrogen-bond acceptors (Lipinski definition) is 9. The molecule has 0 bridgehead atoms. The fourth-order valence-electron chi connectivity index (χ4n) is 1.48. The van der Waals surface area contributed by atoms with Crippen molar-refractivity contribution in [3.8, 4) is 0 Å². The van der Waals surface area contributed by atoms with E-state index in [1.165, 1.54) is 18.2 Å². The first kappa shape index (κ1) is 14.9. The summed E-state index contributed by atoms with van der Waals surface area (Å²) in [6.45, 7) is 0.112. The van der Waals surface area contributed by atoms with Crippen LogP contribution in [0.25, 0.3) is 0 Å². The first-order valence-corrected chi connectivity index (χ1v) is 7.12. The number of benzene rings is 1. The van der Waals surface area contributed by atoms with Gasteiger partial charge in [-0.3, -0.25) is 4.55 Å². The van der Waals surface area contributed by atoms with Crippen LogP contribution in [0.4, 0.5) is 23.5 Å². The molecule has 0 radical (unpaired) electrons. The topological polar surface area (TPSA) is 169 Å². The van der Waals surface area contributed by atoms with Gasteiger partial charge in [-0.25, -0.2) is 0 Å². The predicted molar refractivity (Wildman–Crippen MR) is 76.5 cm³/mol. The third-order valence-electron chi connectivity index (χ3n) is 2.30. The van der Waals surface area contributed by atoms with Gasteiger partial charge >= 0.3 is 0 Å². The van der Waals surface area contributed by atoms with Crippen molar-refractivity contribution in [1.82, 2.24) is 15.0 Å². The summed E-state index contributed by atoms with van der Waals surface area (Å²) in [6.07, 6.45) is 0. The third kappa shape index (κ3) is 3.98. The van der Waals surface area contributed by atoms with Gasteiger partial charge in [0.15, 0.2) is 0 Å². The van der Waals surface area contributed by atoms with Gasteiger partial charge in [0.05, 0.1) is 11.6 Å².